The van der Waals surface area contributed by atoms with Gasteiger partial charge in [0.05, 0.1) is 0 Å². The fourth-order valence-electron chi connectivity index (χ4n) is 6.38. The van der Waals surface area contributed by atoms with Gasteiger partial charge in [0, 0.05) is 24.2 Å². The molecule has 0 unspecified atom stereocenters. The van der Waals surface area contributed by atoms with E-state index in [1.165, 1.54) is 27.2 Å². The second kappa shape index (κ2) is 13.8. The van der Waals surface area contributed by atoms with Crippen LogP contribution in [0.1, 0.15) is 54.4 Å². The lowest BCUT2D eigenvalue weighted by Gasteiger charge is -2.22. The quantitative estimate of drug-likeness (QED) is 0.0798. The standard InChI is InChI=1S/C37H36N4O5/c42-34(40-46)12-2-1-3-13-37(45)41(22-35(43)38-28-14-16-32-26(20-28)18-24-8-4-6-10-30(24)32)23-36(44)39-29-15-17-33-27(21-29)19-25-9-5-7-11-31(25)33/h4-11,14-17,20-21,46H,1-3,12-13,18-19,22-23H2,(H,38,43)(H,39,44)(H,40,42). The number of anilines is 2. The molecular formula is C37H36N4O5. The molecule has 0 aromatic heterocycles. The van der Waals surface area contributed by atoms with Crippen LogP contribution in [-0.2, 0) is 32.0 Å². The molecule has 4 N–H and O–H groups in total. The van der Waals surface area contributed by atoms with Crippen LogP contribution < -0.4 is 16.1 Å². The summed E-state index contributed by atoms with van der Waals surface area (Å²) in [4.78, 5) is 52.2. The van der Waals surface area contributed by atoms with Crippen molar-refractivity contribution in [2.45, 2.75) is 44.9 Å². The van der Waals surface area contributed by atoms with E-state index in [-0.39, 0.29) is 31.8 Å². The van der Waals surface area contributed by atoms with Gasteiger partial charge in [-0.2, -0.15) is 0 Å². The van der Waals surface area contributed by atoms with Crippen LogP contribution in [0.25, 0.3) is 22.3 Å². The van der Waals surface area contributed by atoms with E-state index in [1.54, 1.807) is 5.48 Å². The van der Waals surface area contributed by atoms with Gasteiger partial charge in [-0.15, -0.1) is 0 Å². The van der Waals surface area contributed by atoms with Gasteiger partial charge in [-0.05, 0) is 94.5 Å². The number of nitrogens with zero attached hydrogens (tertiary/aromatic N) is 1. The molecule has 9 heteroatoms. The third-order valence-corrected chi connectivity index (χ3v) is 8.60. The van der Waals surface area contributed by atoms with Crippen molar-refractivity contribution in [3.05, 3.63) is 107 Å². The number of carbonyl (C=O) groups excluding carboxylic acids is 4. The summed E-state index contributed by atoms with van der Waals surface area (Å²) >= 11 is 0. The van der Waals surface area contributed by atoms with E-state index in [0.717, 1.165) is 35.1 Å². The maximum Gasteiger partial charge on any atom is 0.244 e. The van der Waals surface area contributed by atoms with E-state index in [0.29, 0.717) is 30.6 Å². The Morgan fingerprint density at radius 3 is 1.57 bits per heavy atom. The molecule has 6 rings (SSSR count). The fourth-order valence-corrected chi connectivity index (χ4v) is 6.38. The van der Waals surface area contributed by atoms with Crippen molar-refractivity contribution in [2.24, 2.45) is 0 Å². The summed E-state index contributed by atoms with van der Waals surface area (Å²) < 4.78 is 0. The van der Waals surface area contributed by atoms with Crippen LogP contribution in [-0.4, -0.2) is 46.8 Å². The van der Waals surface area contributed by atoms with Crippen molar-refractivity contribution in [3.63, 3.8) is 0 Å². The second-order valence-electron chi connectivity index (χ2n) is 11.9. The molecule has 0 heterocycles. The fraction of sp³-hybridized carbons (Fsp3) is 0.243. The molecule has 0 bridgehead atoms. The molecule has 0 spiro atoms. The van der Waals surface area contributed by atoms with Crippen molar-refractivity contribution in [1.82, 2.24) is 10.4 Å². The third-order valence-electron chi connectivity index (χ3n) is 8.60. The van der Waals surface area contributed by atoms with Gasteiger partial charge in [-0.3, -0.25) is 24.4 Å². The Morgan fingerprint density at radius 2 is 1.04 bits per heavy atom. The van der Waals surface area contributed by atoms with Crippen molar-refractivity contribution >= 4 is 35.0 Å². The number of amides is 4. The second-order valence-corrected chi connectivity index (χ2v) is 11.9. The van der Waals surface area contributed by atoms with E-state index < -0.39 is 17.7 Å². The molecule has 0 saturated carbocycles. The maximum atomic E-state index is 13.3. The molecule has 0 saturated heterocycles. The third kappa shape index (κ3) is 7.00. The first kappa shape index (κ1) is 30.7. The van der Waals surface area contributed by atoms with Gasteiger partial charge >= 0.3 is 0 Å². The zero-order valence-corrected chi connectivity index (χ0v) is 25.5. The van der Waals surface area contributed by atoms with Crippen molar-refractivity contribution in [2.75, 3.05) is 23.7 Å². The summed E-state index contributed by atoms with van der Waals surface area (Å²) in [5.41, 5.74) is 12.3. The number of carbonyl (C=O) groups is 4. The Balaban J connectivity index is 1.09. The first-order valence-electron chi connectivity index (χ1n) is 15.6. The summed E-state index contributed by atoms with van der Waals surface area (Å²) in [6, 6.07) is 28.1. The topological polar surface area (TPSA) is 128 Å². The number of hydroxylamine groups is 1. The first-order valence-corrected chi connectivity index (χ1v) is 15.6. The van der Waals surface area contributed by atoms with Gasteiger partial charge in [0.1, 0.15) is 13.1 Å². The summed E-state index contributed by atoms with van der Waals surface area (Å²) in [7, 11) is 0. The predicted molar refractivity (Wildman–Crippen MR) is 176 cm³/mol. The minimum Gasteiger partial charge on any atom is -0.325 e. The molecule has 0 radical (unpaired) electrons. The summed E-state index contributed by atoms with van der Waals surface area (Å²) in [5.74, 6) is -1.60. The van der Waals surface area contributed by atoms with Crippen LogP contribution in [0.5, 0.6) is 0 Å². The van der Waals surface area contributed by atoms with E-state index in [1.807, 2.05) is 60.7 Å². The molecule has 46 heavy (non-hydrogen) atoms. The van der Waals surface area contributed by atoms with Gasteiger partial charge in [-0.1, -0.05) is 67.1 Å². The van der Waals surface area contributed by atoms with Crippen LogP contribution >= 0.6 is 0 Å². The molecule has 0 fully saturated rings. The van der Waals surface area contributed by atoms with Crippen LogP contribution in [0.2, 0.25) is 0 Å². The minimum atomic E-state index is -0.479. The average molecular weight is 617 g/mol. The van der Waals surface area contributed by atoms with Gasteiger partial charge in [0.15, 0.2) is 0 Å². The SMILES string of the molecule is O=C(CCCCCC(=O)N(CC(=O)Nc1ccc2c(c1)Cc1ccccc1-2)CC(=O)Nc1ccc2c(c1)Cc1ccccc1-2)NO. The highest BCUT2D eigenvalue weighted by molar-refractivity contribution is 5.99. The van der Waals surface area contributed by atoms with Crippen LogP contribution in [0.4, 0.5) is 11.4 Å². The normalized spacial score (nSPS) is 11.9. The minimum absolute atomic E-state index is 0.121. The monoisotopic (exact) mass is 616 g/mol. The number of rotatable bonds is 12. The zero-order chi connectivity index (χ0) is 32.0. The average Bonchev–Trinajstić information content (AvgIpc) is 3.61. The predicted octanol–water partition coefficient (Wildman–Crippen LogP) is 5.69. The first-order chi connectivity index (χ1) is 22.4. The molecule has 2 aliphatic carbocycles. The lowest BCUT2D eigenvalue weighted by molar-refractivity contribution is -0.137. The van der Waals surface area contributed by atoms with E-state index >= 15 is 0 Å². The van der Waals surface area contributed by atoms with Gasteiger partial charge < -0.3 is 15.5 Å². The highest BCUT2D eigenvalue weighted by atomic mass is 16.5. The molecule has 234 valence electrons. The Labute approximate surface area is 267 Å². The molecule has 0 atom stereocenters. The Hall–Kier alpha value is -5.28. The largest absolute Gasteiger partial charge is 0.325 e. The summed E-state index contributed by atoms with van der Waals surface area (Å²) in [6.45, 7) is -0.564. The summed E-state index contributed by atoms with van der Waals surface area (Å²) in [5, 5.41) is 14.5. The van der Waals surface area contributed by atoms with Crippen molar-refractivity contribution in [1.29, 1.82) is 0 Å². The Morgan fingerprint density at radius 1 is 0.565 bits per heavy atom. The number of hydrogen-bond donors (Lipinski definition) is 4. The number of hydrogen-bond acceptors (Lipinski definition) is 5. The zero-order valence-electron chi connectivity index (χ0n) is 25.5. The maximum absolute atomic E-state index is 13.3. The highest BCUT2D eigenvalue weighted by Crippen LogP contribution is 2.38. The molecule has 0 aliphatic heterocycles. The van der Waals surface area contributed by atoms with Crippen LogP contribution in [0, 0.1) is 0 Å². The molecule has 2 aliphatic rings. The smallest absolute Gasteiger partial charge is 0.244 e. The van der Waals surface area contributed by atoms with Gasteiger partial charge in [0.2, 0.25) is 23.6 Å². The molecule has 4 aromatic carbocycles. The molecule has 4 aromatic rings. The number of nitrogens with one attached hydrogen (secondary N) is 3. The van der Waals surface area contributed by atoms with E-state index in [2.05, 4.69) is 34.9 Å². The van der Waals surface area contributed by atoms with Crippen LogP contribution in [0.15, 0.2) is 84.9 Å². The van der Waals surface area contributed by atoms with Gasteiger partial charge in [0.25, 0.3) is 0 Å². The van der Waals surface area contributed by atoms with Crippen LogP contribution in [0.3, 0.4) is 0 Å². The molecule has 4 amide bonds. The Bertz CT molecular complexity index is 1700. The molecule has 9 nitrogen and oxygen atoms in total. The van der Waals surface area contributed by atoms with Crippen molar-refractivity contribution in [3.8, 4) is 22.3 Å². The number of unbranched alkanes of at least 4 members (excludes halogenated alkanes) is 2. The number of benzene rings is 4. The lowest BCUT2D eigenvalue weighted by atomic mass is 10.1. The highest BCUT2D eigenvalue weighted by Gasteiger charge is 2.23. The van der Waals surface area contributed by atoms with E-state index in [9.17, 15) is 19.2 Å². The van der Waals surface area contributed by atoms with Gasteiger partial charge in [-0.25, -0.2) is 5.48 Å². The Kier molecular flexibility index (Phi) is 9.21. The lowest BCUT2D eigenvalue weighted by Crippen LogP contribution is -2.42. The van der Waals surface area contributed by atoms with Crippen molar-refractivity contribution < 1.29 is 24.4 Å². The van der Waals surface area contributed by atoms with E-state index in [4.69, 9.17) is 5.21 Å². The summed E-state index contributed by atoms with van der Waals surface area (Å²) in [6.07, 6.45) is 3.41. The number of fused-ring (bicyclic) bond motifs is 6. The molecular weight excluding hydrogens is 580 g/mol.